The lowest BCUT2D eigenvalue weighted by atomic mass is 10.3. The average Bonchev–Trinajstić information content (AvgIpc) is 3.36. The van der Waals surface area contributed by atoms with Crippen molar-refractivity contribution >= 4 is 17.7 Å². The number of carbonyl (C=O) groups is 3. The van der Waals surface area contributed by atoms with Crippen molar-refractivity contribution in [1.82, 2.24) is 15.1 Å². The van der Waals surface area contributed by atoms with Crippen molar-refractivity contribution in [3.63, 3.8) is 0 Å². The van der Waals surface area contributed by atoms with Crippen molar-refractivity contribution in [2.45, 2.75) is 26.2 Å². The number of nitrogens with one attached hydrogen (secondary N) is 1. The van der Waals surface area contributed by atoms with E-state index in [2.05, 4.69) is 5.32 Å². The lowest BCUT2D eigenvalue weighted by Gasteiger charge is -2.21. The quantitative estimate of drug-likeness (QED) is 0.554. The molecule has 7 nitrogen and oxygen atoms in total. The molecule has 0 radical (unpaired) electrons. The van der Waals surface area contributed by atoms with Gasteiger partial charge in [0, 0.05) is 45.2 Å². The Balaban J connectivity index is 1.75. The highest BCUT2D eigenvalue weighted by molar-refractivity contribution is 6.35. The Labute approximate surface area is 131 Å². The van der Waals surface area contributed by atoms with Gasteiger partial charge in [-0.1, -0.05) is 0 Å². The van der Waals surface area contributed by atoms with Gasteiger partial charge in [-0.3, -0.25) is 14.4 Å². The zero-order valence-corrected chi connectivity index (χ0v) is 13.2. The molecule has 1 N–H and O–H groups in total. The fourth-order valence-corrected chi connectivity index (χ4v) is 2.53. The van der Waals surface area contributed by atoms with Crippen LogP contribution in [0.25, 0.3) is 0 Å². The van der Waals surface area contributed by atoms with Gasteiger partial charge in [-0.05, 0) is 26.2 Å². The fraction of sp³-hybridized carbons (Fsp3) is 0.800. The summed E-state index contributed by atoms with van der Waals surface area (Å²) in [7, 11) is 0. The maximum absolute atomic E-state index is 12.1. The molecule has 2 fully saturated rings. The van der Waals surface area contributed by atoms with Crippen LogP contribution in [0, 0.1) is 5.92 Å². The number of amides is 3. The van der Waals surface area contributed by atoms with Gasteiger partial charge >= 0.3 is 11.8 Å². The second kappa shape index (κ2) is 8.12. The topological polar surface area (TPSA) is 79.0 Å². The summed E-state index contributed by atoms with van der Waals surface area (Å²) in [6.07, 6.45) is 2.69. The Kier molecular flexibility index (Phi) is 6.18. The Morgan fingerprint density at radius 1 is 1.09 bits per heavy atom. The number of carbonyl (C=O) groups excluding carboxylic acids is 3. The van der Waals surface area contributed by atoms with Crippen LogP contribution in [-0.4, -0.2) is 73.5 Å². The molecule has 7 heteroatoms. The van der Waals surface area contributed by atoms with Crippen LogP contribution >= 0.6 is 0 Å². The molecule has 2 rings (SSSR count). The predicted molar refractivity (Wildman–Crippen MR) is 80.0 cm³/mol. The molecule has 124 valence electrons. The third-order valence-corrected chi connectivity index (χ3v) is 3.95. The molecule has 0 bridgehead atoms. The number of hydrogen-bond donors (Lipinski definition) is 1. The van der Waals surface area contributed by atoms with E-state index >= 15 is 0 Å². The highest BCUT2D eigenvalue weighted by Crippen LogP contribution is 2.31. The summed E-state index contributed by atoms with van der Waals surface area (Å²) in [6, 6.07) is 0. The Bertz CT molecular complexity index is 423. The minimum atomic E-state index is -0.596. The van der Waals surface area contributed by atoms with Crippen molar-refractivity contribution in [1.29, 1.82) is 0 Å². The summed E-state index contributed by atoms with van der Waals surface area (Å²) < 4.78 is 5.11. The summed E-state index contributed by atoms with van der Waals surface area (Å²) in [5.74, 6) is -0.710. The van der Waals surface area contributed by atoms with E-state index in [9.17, 15) is 14.4 Å². The lowest BCUT2D eigenvalue weighted by Crippen LogP contribution is -2.45. The molecule has 0 aromatic carbocycles. The van der Waals surface area contributed by atoms with Gasteiger partial charge in [-0.2, -0.15) is 0 Å². The molecule has 3 amide bonds. The van der Waals surface area contributed by atoms with E-state index in [0.29, 0.717) is 45.9 Å². The number of ether oxygens (including phenoxy) is 1. The van der Waals surface area contributed by atoms with Crippen LogP contribution in [0.15, 0.2) is 0 Å². The van der Waals surface area contributed by atoms with Crippen molar-refractivity contribution in [2.75, 3.05) is 45.9 Å². The molecule has 0 atom stereocenters. The molecule has 2 aliphatic rings. The summed E-state index contributed by atoms with van der Waals surface area (Å²) in [4.78, 5) is 39.3. The van der Waals surface area contributed by atoms with Crippen LogP contribution in [0.2, 0.25) is 0 Å². The summed E-state index contributed by atoms with van der Waals surface area (Å²) in [6.45, 7) is 5.33. The van der Waals surface area contributed by atoms with Gasteiger partial charge in [0.05, 0.1) is 6.61 Å². The molecule has 22 heavy (non-hydrogen) atoms. The number of nitrogens with zero attached hydrogens (tertiary/aromatic N) is 2. The van der Waals surface area contributed by atoms with Gasteiger partial charge in [0.15, 0.2) is 0 Å². The standard InChI is InChI=1S/C15H25N3O4/c1-2-22-11-6-16-13(19)15(21)18-8-3-7-17(9-10-18)14(20)12-4-5-12/h12H,2-11H2,1H3,(H,16,19). The maximum Gasteiger partial charge on any atom is 0.311 e. The summed E-state index contributed by atoms with van der Waals surface area (Å²) >= 11 is 0. The molecule has 1 saturated carbocycles. The van der Waals surface area contributed by atoms with Crippen LogP contribution in [0.5, 0.6) is 0 Å². The third kappa shape index (κ3) is 4.69. The molecule has 0 aromatic heterocycles. The first-order valence-corrected chi connectivity index (χ1v) is 8.07. The van der Waals surface area contributed by atoms with Gasteiger partial charge in [-0.15, -0.1) is 0 Å². The lowest BCUT2D eigenvalue weighted by molar-refractivity contribution is -0.146. The monoisotopic (exact) mass is 311 g/mol. The van der Waals surface area contributed by atoms with Crippen molar-refractivity contribution < 1.29 is 19.1 Å². The van der Waals surface area contributed by atoms with Crippen LogP contribution in [0.1, 0.15) is 26.2 Å². The number of rotatable bonds is 5. The van der Waals surface area contributed by atoms with Crippen molar-refractivity contribution in [3.05, 3.63) is 0 Å². The predicted octanol–water partition coefficient (Wildman–Crippen LogP) is -0.390. The second-order valence-corrected chi connectivity index (χ2v) is 5.70. The first kappa shape index (κ1) is 16.7. The van der Waals surface area contributed by atoms with E-state index in [1.807, 2.05) is 11.8 Å². The van der Waals surface area contributed by atoms with E-state index in [4.69, 9.17) is 4.74 Å². The summed E-state index contributed by atoms with van der Waals surface area (Å²) in [5, 5.41) is 2.56. The van der Waals surface area contributed by atoms with Crippen molar-refractivity contribution in [2.24, 2.45) is 5.92 Å². The minimum absolute atomic E-state index is 0.198. The van der Waals surface area contributed by atoms with E-state index in [1.54, 1.807) is 0 Å². The van der Waals surface area contributed by atoms with Crippen LogP contribution in [-0.2, 0) is 19.1 Å². The average molecular weight is 311 g/mol. The molecular formula is C15H25N3O4. The highest BCUT2D eigenvalue weighted by atomic mass is 16.5. The molecule has 0 aromatic rings. The first-order valence-electron chi connectivity index (χ1n) is 8.07. The molecule has 1 saturated heterocycles. The SMILES string of the molecule is CCOCCNC(=O)C(=O)N1CCCN(C(=O)C2CC2)CC1. The van der Waals surface area contributed by atoms with E-state index in [-0.39, 0.29) is 11.8 Å². The van der Waals surface area contributed by atoms with Gasteiger partial charge in [0.1, 0.15) is 0 Å². The minimum Gasteiger partial charge on any atom is -0.380 e. The second-order valence-electron chi connectivity index (χ2n) is 5.70. The molecule has 0 spiro atoms. The smallest absolute Gasteiger partial charge is 0.311 e. The maximum atomic E-state index is 12.1. The van der Waals surface area contributed by atoms with E-state index in [0.717, 1.165) is 19.3 Å². The third-order valence-electron chi connectivity index (χ3n) is 3.95. The van der Waals surface area contributed by atoms with Crippen molar-refractivity contribution in [3.8, 4) is 0 Å². The highest BCUT2D eigenvalue weighted by Gasteiger charge is 2.34. The van der Waals surface area contributed by atoms with Crippen LogP contribution in [0.4, 0.5) is 0 Å². The van der Waals surface area contributed by atoms with Crippen LogP contribution < -0.4 is 5.32 Å². The Hall–Kier alpha value is -1.63. The molecule has 1 heterocycles. The molecule has 1 aliphatic heterocycles. The van der Waals surface area contributed by atoms with E-state index in [1.165, 1.54) is 4.90 Å². The largest absolute Gasteiger partial charge is 0.380 e. The molecule has 0 unspecified atom stereocenters. The van der Waals surface area contributed by atoms with Crippen LogP contribution in [0.3, 0.4) is 0 Å². The van der Waals surface area contributed by atoms with E-state index < -0.39 is 11.8 Å². The zero-order chi connectivity index (χ0) is 15.9. The first-order chi connectivity index (χ1) is 10.6. The number of hydrogen-bond acceptors (Lipinski definition) is 4. The normalized spacial score (nSPS) is 18.8. The Morgan fingerprint density at radius 3 is 2.45 bits per heavy atom. The molecular weight excluding hydrogens is 286 g/mol. The van der Waals surface area contributed by atoms with Gasteiger partial charge < -0.3 is 19.9 Å². The van der Waals surface area contributed by atoms with Gasteiger partial charge in [-0.25, -0.2) is 0 Å². The molecule has 1 aliphatic carbocycles. The summed E-state index contributed by atoms with van der Waals surface area (Å²) in [5.41, 5.74) is 0. The van der Waals surface area contributed by atoms with Gasteiger partial charge in [0.2, 0.25) is 5.91 Å². The Morgan fingerprint density at radius 2 is 1.77 bits per heavy atom. The van der Waals surface area contributed by atoms with Gasteiger partial charge in [0.25, 0.3) is 0 Å². The zero-order valence-electron chi connectivity index (χ0n) is 13.2. The fourth-order valence-electron chi connectivity index (χ4n) is 2.53.